The summed E-state index contributed by atoms with van der Waals surface area (Å²) in [6.07, 6.45) is 4.68. The van der Waals surface area contributed by atoms with Crippen molar-refractivity contribution < 1.29 is 22.4 Å². The van der Waals surface area contributed by atoms with E-state index < -0.39 is 20.3 Å². The fourth-order valence-electron chi connectivity index (χ4n) is 4.38. The Morgan fingerprint density at radius 2 is 1.91 bits per heavy atom. The molecular weight excluding hydrogens is 472 g/mol. The van der Waals surface area contributed by atoms with Gasteiger partial charge in [0.2, 0.25) is 0 Å². The van der Waals surface area contributed by atoms with Gasteiger partial charge in [-0.3, -0.25) is 14.5 Å². The lowest BCUT2D eigenvalue weighted by Crippen LogP contribution is -2.56. The number of hydrogen-bond donors (Lipinski definition) is 1. The number of hydrogen-bond acceptors (Lipinski definition) is 7. The summed E-state index contributed by atoms with van der Waals surface area (Å²) in [4.78, 5) is 18.1. The van der Waals surface area contributed by atoms with E-state index in [-0.39, 0.29) is 24.3 Å². The molecule has 3 heterocycles. The molecule has 0 aliphatic carbocycles. The third-order valence-corrected chi connectivity index (χ3v) is 7.77. The van der Waals surface area contributed by atoms with Crippen molar-refractivity contribution in [1.29, 1.82) is 0 Å². The highest BCUT2D eigenvalue weighted by Gasteiger charge is 2.42. The standard InChI is InChI=1S/C24H24N4O6S/c1-27-13-18(12-26-27)17-9-22-23(25-11-17)6-4-16-3-5-19(10-21(16)24(22)29)28(2,35(30,31)32)14-20-15-33-7-8-34-20/h3-6,9-13,20H,7-8,14-15H2,1-2H3/p+1. The number of nitrogens with zero attached hydrogens (tertiary/aromatic N) is 4. The van der Waals surface area contributed by atoms with E-state index in [1.165, 1.54) is 13.1 Å². The molecule has 1 fully saturated rings. The number of likely N-dealkylation sites (N-methyl/N-ethyl adjacent to an activating group) is 1. The largest absolute Gasteiger partial charge is 0.437 e. The van der Waals surface area contributed by atoms with Crippen LogP contribution in [0.2, 0.25) is 0 Å². The maximum absolute atomic E-state index is 13.7. The zero-order valence-corrected chi connectivity index (χ0v) is 20.1. The molecule has 0 radical (unpaired) electrons. The van der Waals surface area contributed by atoms with Gasteiger partial charge in [0, 0.05) is 53.5 Å². The second-order valence-electron chi connectivity index (χ2n) is 8.79. The lowest BCUT2D eigenvalue weighted by atomic mass is 10.1. The second kappa shape index (κ2) is 8.77. The number of benzene rings is 1. The molecule has 2 atom stereocenters. The van der Waals surface area contributed by atoms with E-state index in [4.69, 9.17) is 9.47 Å². The molecule has 10 nitrogen and oxygen atoms in total. The van der Waals surface area contributed by atoms with Crippen molar-refractivity contribution in [3.63, 3.8) is 0 Å². The van der Waals surface area contributed by atoms with Crippen molar-refractivity contribution in [1.82, 2.24) is 18.7 Å². The maximum atomic E-state index is 13.7. The lowest BCUT2D eigenvalue weighted by Gasteiger charge is -2.33. The summed E-state index contributed by atoms with van der Waals surface area (Å²) in [5, 5.41) is 5.51. The summed E-state index contributed by atoms with van der Waals surface area (Å²) in [5.74, 6) is 0. The van der Waals surface area contributed by atoms with Gasteiger partial charge in [0.1, 0.15) is 12.6 Å². The molecule has 2 unspecified atom stereocenters. The number of aromatic nitrogens is 3. The van der Waals surface area contributed by atoms with Crippen LogP contribution in [0.1, 0.15) is 0 Å². The van der Waals surface area contributed by atoms with Gasteiger partial charge in [-0.25, -0.2) is 4.55 Å². The van der Waals surface area contributed by atoms with Gasteiger partial charge in [0.15, 0.2) is 11.1 Å². The summed E-state index contributed by atoms with van der Waals surface area (Å²) < 4.78 is 47.2. The number of ether oxygens (including phenoxy) is 2. The molecule has 5 rings (SSSR count). The van der Waals surface area contributed by atoms with Crippen LogP contribution in [0.3, 0.4) is 0 Å². The highest BCUT2D eigenvalue weighted by Crippen LogP contribution is 2.30. The van der Waals surface area contributed by atoms with E-state index in [0.717, 1.165) is 11.1 Å². The van der Waals surface area contributed by atoms with Gasteiger partial charge >= 0.3 is 10.3 Å². The predicted octanol–water partition coefficient (Wildman–Crippen LogP) is 2.30. The molecule has 182 valence electrons. The van der Waals surface area contributed by atoms with Gasteiger partial charge in [-0.2, -0.15) is 8.99 Å². The third-order valence-electron chi connectivity index (χ3n) is 6.40. The Morgan fingerprint density at radius 3 is 2.60 bits per heavy atom. The molecule has 35 heavy (non-hydrogen) atoms. The monoisotopic (exact) mass is 497 g/mol. The fraction of sp³-hybridized carbons (Fsp3) is 0.292. The first-order chi connectivity index (χ1) is 16.7. The van der Waals surface area contributed by atoms with Crippen molar-refractivity contribution in [2.45, 2.75) is 6.10 Å². The van der Waals surface area contributed by atoms with Gasteiger partial charge in [0.05, 0.1) is 38.6 Å². The second-order valence-corrected chi connectivity index (χ2v) is 10.5. The van der Waals surface area contributed by atoms with Crippen molar-refractivity contribution in [3.05, 3.63) is 65.2 Å². The van der Waals surface area contributed by atoms with Crippen LogP contribution in [0.25, 0.3) is 32.8 Å². The Bertz CT molecular complexity index is 1600. The zero-order valence-electron chi connectivity index (χ0n) is 19.3. The quantitative estimate of drug-likeness (QED) is 0.329. The van der Waals surface area contributed by atoms with Crippen LogP contribution in [0, 0.1) is 0 Å². The molecule has 0 spiro atoms. The van der Waals surface area contributed by atoms with Crippen LogP contribution in [0.15, 0.2) is 59.8 Å². The lowest BCUT2D eigenvalue weighted by molar-refractivity contribution is -0.0908. The third kappa shape index (κ3) is 4.32. The number of pyridine rings is 1. The minimum Gasteiger partial charge on any atom is -0.376 e. The molecule has 2 aromatic carbocycles. The Kier molecular flexibility index (Phi) is 5.90. The molecule has 0 bridgehead atoms. The Morgan fingerprint density at radius 1 is 1.11 bits per heavy atom. The molecule has 1 aliphatic rings. The van der Waals surface area contributed by atoms with Crippen LogP contribution in [0.5, 0.6) is 0 Å². The van der Waals surface area contributed by atoms with Gasteiger partial charge in [-0.15, -0.1) is 8.42 Å². The van der Waals surface area contributed by atoms with E-state index in [1.54, 1.807) is 54.5 Å². The highest BCUT2D eigenvalue weighted by atomic mass is 32.2. The van der Waals surface area contributed by atoms with Crippen LogP contribution in [0.4, 0.5) is 5.69 Å². The molecule has 1 saturated heterocycles. The minimum atomic E-state index is -4.62. The normalized spacial score (nSPS) is 18.5. The molecule has 2 aromatic heterocycles. The van der Waals surface area contributed by atoms with E-state index in [1.807, 2.05) is 6.20 Å². The molecule has 1 aliphatic heterocycles. The number of fused-ring (bicyclic) bond motifs is 2. The van der Waals surface area contributed by atoms with E-state index in [9.17, 15) is 17.8 Å². The first kappa shape index (κ1) is 23.5. The zero-order chi connectivity index (χ0) is 24.8. The molecular formula is C24H25N4O6S+. The Labute approximate surface area is 201 Å². The van der Waals surface area contributed by atoms with Crippen LogP contribution < -0.4 is 9.32 Å². The molecule has 0 saturated carbocycles. The van der Waals surface area contributed by atoms with E-state index >= 15 is 0 Å². The van der Waals surface area contributed by atoms with Crippen molar-refractivity contribution in [2.24, 2.45) is 7.05 Å². The van der Waals surface area contributed by atoms with Crippen LogP contribution in [-0.2, 0) is 26.8 Å². The highest BCUT2D eigenvalue weighted by molar-refractivity contribution is 7.85. The van der Waals surface area contributed by atoms with Gasteiger partial charge in [-0.05, 0) is 23.6 Å². The average Bonchev–Trinajstić information content (AvgIpc) is 3.22. The van der Waals surface area contributed by atoms with Crippen molar-refractivity contribution >= 4 is 37.7 Å². The van der Waals surface area contributed by atoms with Crippen molar-refractivity contribution in [3.8, 4) is 11.1 Å². The first-order valence-electron chi connectivity index (χ1n) is 11.0. The summed E-state index contributed by atoms with van der Waals surface area (Å²) in [5.41, 5.74) is 2.02. The van der Waals surface area contributed by atoms with E-state index in [2.05, 4.69) is 10.1 Å². The number of aryl methyl sites for hydroxylation is 1. The summed E-state index contributed by atoms with van der Waals surface area (Å²) in [7, 11) is -1.44. The average molecular weight is 498 g/mol. The number of rotatable bonds is 5. The molecule has 4 aromatic rings. The SMILES string of the molecule is Cn1cc(-c2cnc3ccc4ccc([N+](C)(CC5COCCO5)S(=O)(=O)O)cc4c(=O)c3c2)cn1. The predicted molar refractivity (Wildman–Crippen MR) is 132 cm³/mol. The minimum absolute atomic E-state index is 0.0784. The number of quaternary nitrogens is 1. The Balaban J connectivity index is 1.69. The van der Waals surface area contributed by atoms with Crippen LogP contribution >= 0.6 is 0 Å². The topological polar surface area (TPSA) is 121 Å². The van der Waals surface area contributed by atoms with Gasteiger partial charge in [-0.1, -0.05) is 6.07 Å². The van der Waals surface area contributed by atoms with Crippen molar-refractivity contribution in [2.75, 3.05) is 33.4 Å². The summed E-state index contributed by atoms with van der Waals surface area (Å²) in [6, 6.07) is 10.1. The van der Waals surface area contributed by atoms with E-state index in [0.29, 0.717) is 34.9 Å². The first-order valence-corrected chi connectivity index (χ1v) is 12.4. The van der Waals surface area contributed by atoms with Gasteiger partial charge in [0.25, 0.3) is 0 Å². The molecule has 1 N–H and O–H groups in total. The smallest absolute Gasteiger partial charge is 0.376 e. The van der Waals surface area contributed by atoms with Crippen LogP contribution in [-0.4, -0.2) is 67.3 Å². The molecule has 11 heteroatoms. The Hall–Kier alpha value is -3.22. The summed E-state index contributed by atoms with van der Waals surface area (Å²) in [6.45, 7) is 0.907. The van der Waals surface area contributed by atoms with Gasteiger partial charge < -0.3 is 9.47 Å². The maximum Gasteiger partial charge on any atom is 0.437 e. The summed E-state index contributed by atoms with van der Waals surface area (Å²) >= 11 is 0. The fourth-order valence-corrected chi connectivity index (χ4v) is 5.11. The molecule has 0 amide bonds.